The molecule has 0 unspecified atom stereocenters. The number of rotatable bonds is 2. The zero-order valence-electron chi connectivity index (χ0n) is 11.6. The molecule has 1 fully saturated rings. The average Bonchev–Trinajstić information content (AvgIpc) is 2.90. The molecule has 0 N–H and O–H groups in total. The molecule has 2 aromatic rings. The summed E-state index contributed by atoms with van der Waals surface area (Å²) in [5.74, 6) is -0.103. The van der Waals surface area contributed by atoms with Crippen LogP contribution >= 0.6 is 23.2 Å². The molecule has 21 heavy (non-hydrogen) atoms. The summed E-state index contributed by atoms with van der Waals surface area (Å²) in [6.07, 6.45) is 5.23. The lowest BCUT2D eigenvalue weighted by molar-refractivity contribution is -0.146. The summed E-state index contributed by atoms with van der Waals surface area (Å²) in [6, 6.07) is 2.08. The largest absolute Gasteiger partial charge is 0.469 e. The molecule has 0 radical (unpaired) electrons. The van der Waals surface area contributed by atoms with Gasteiger partial charge in [0.1, 0.15) is 10.7 Å². The molecule has 5 nitrogen and oxygen atoms in total. The first-order valence-corrected chi connectivity index (χ1v) is 7.62. The van der Waals surface area contributed by atoms with E-state index in [9.17, 15) is 4.79 Å². The smallest absolute Gasteiger partial charge is 0.308 e. The quantitative estimate of drug-likeness (QED) is 0.624. The molecule has 0 aliphatic heterocycles. The molecule has 0 atom stereocenters. The maximum Gasteiger partial charge on any atom is 0.308 e. The van der Waals surface area contributed by atoms with Crippen LogP contribution in [0.5, 0.6) is 0 Å². The number of fused-ring (bicyclic) bond motifs is 1. The van der Waals surface area contributed by atoms with E-state index < -0.39 is 0 Å². The van der Waals surface area contributed by atoms with Crippen LogP contribution in [0.1, 0.15) is 31.7 Å². The number of nitrogens with zero attached hydrogens (tertiary/aromatic N) is 3. The third-order valence-electron chi connectivity index (χ3n) is 4.11. The first-order valence-electron chi connectivity index (χ1n) is 6.86. The molecule has 3 rings (SSSR count). The van der Waals surface area contributed by atoms with Crippen LogP contribution < -0.4 is 0 Å². The molecule has 0 bridgehead atoms. The van der Waals surface area contributed by atoms with Crippen LogP contribution in [-0.4, -0.2) is 27.6 Å². The van der Waals surface area contributed by atoms with Crippen molar-refractivity contribution in [1.29, 1.82) is 0 Å². The van der Waals surface area contributed by atoms with Crippen molar-refractivity contribution in [2.24, 2.45) is 5.92 Å². The Morgan fingerprint density at radius 3 is 2.71 bits per heavy atom. The number of pyridine rings is 1. The Labute approximate surface area is 132 Å². The molecule has 1 saturated carbocycles. The predicted octanol–water partition coefficient (Wildman–Crippen LogP) is 3.64. The summed E-state index contributed by atoms with van der Waals surface area (Å²) in [5.41, 5.74) is 1.55. The number of carbonyl (C=O) groups excluding carboxylic acids is 1. The van der Waals surface area contributed by atoms with Crippen LogP contribution in [0.3, 0.4) is 0 Å². The Balaban J connectivity index is 1.84. The van der Waals surface area contributed by atoms with Gasteiger partial charge in [0.15, 0.2) is 5.15 Å². The fraction of sp³-hybridized carbons (Fsp3) is 0.500. The summed E-state index contributed by atoms with van der Waals surface area (Å²) in [6.45, 7) is 0. The van der Waals surface area contributed by atoms with E-state index in [0.29, 0.717) is 21.9 Å². The van der Waals surface area contributed by atoms with Gasteiger partial charge >= 0.3 is 5.97 Å². The van der Waals surface area contributed by atoms with Gasteiger partial charge in [-0.05, 0) is 25.7 Å². The highest BCUT2D eigenvalue weighted by atomic mass is 35.5. The van der Waals surface area contributed by atoms with Gasteiger partial charge in [0, 0.05) is 12.1 Å². The minimum Gasteiger partial charge on any atom is -0.469 e. The topological polar surface area (TPSA) is 57.0 Å². The Morgan fingerprint density at radius 2 is 2.05 bits per heavy atom. The normalized spacial score (nSPS) is 22.4. The zero-order chi connectivity index (χ0) is 15.0. The molecule has 2 heterocycles. The summed E-state index contributed by atoms with van der Waals surface area (Å²) in [4.78, 5) is 19.9. The SMILES string of the molecule is COC(=O)C1CCC(n2cnc3c(Cl)nc(Cl)cc32)CC1. The van der Waals surface area contributed by atoms with Crippen LogP contribution in [0.25, 0.3) is 11.0 Å². The number of esters is 1. The lowest BCUT2D eigenvalue weighted by Gasteiger charge is -2.28. The highest BCUT2D eigenvalue weighted by Crippen LogP contribution is 2.35. The molecule has 2 aromatic heterocycles. The summed E-state index contributed by atoms with van der Waals surface area (Å²) in [5, 5.41) is 0.678. The first-order chi connectivity index (χ1) is 10.1. The Morgan fingerprint density at radius 1 is 1.33 bits per heavy atom. The van der Waals surface area contributed by atoms with Crippen LogP contribution in [0, 0.1) is 5.92 Å². The first kappa shape index (κ1) is 14.6. The van der Waals surface area contributed by atoms with Gasteiger partial charge in [0.05, 0.1) is 24.9 Å². The van der Waals surface area contributed by atoms with E-state index in [1.165, 1.54) is 7.11 Å². The van der Waals surface area contributed by atoms with Crippen molar-refractivity contribution < 1.29 is 9.53 Å². The molecule has 0 saturated heterocycles. The molecular weight excluding hydrogens is 313 g/mol. The van der Waals surface area contributed by atoms with Gasteiger partial charge in [-0.3, -0.25) is 4.79 Å². The number of hydrogen-bond donors (Lipinski definition) is 0. The highest BCUT2D eigenvalue weighted by Gasteiger charge is 2.28. The number of imidazole rings is 1. The van der Waals surface area contributed by atoms with Gasteiger partial charge < -0.3 is 9.30 Å². The van der Waals surface area contributed by atoms with Gasteiger partial charge in [0.25, 0.3) is 0 Å². The average molecular weight is 328 g/mol. The van der Waals surface area contributed by atoms with Crippen molar-refractivity contribution in [2.75, 3.05) is 7.11 Å². The molecule has 1 aliphatic rings. The van der Waals surface area contributed by atoms with E-state index in [1.807, 2.05) is 0 Å². The van der Waals surface area contributed by atoms with Crippen molar-refractivity contribution in [3.63, 3.8) is 0 Å². The number of hydrogen-bond acceptors (Lipinski definition) is 4. The van der Waals surface area contributed by atoms with Gasteiger partial charge in [0.2, 0.25) is 0 Å². The van der Waals surface area contributed by atoms with Gasteiger partial charge in [-0.15, -0.1) is 0 Å². The second-order valence-corrected chi connectivity index (χ2v) is 6.03. The van der Waals surface area contributed by atoms with Crippen LogP contribution in [0.4, 0.5) is 0 Å². The lowest BCUT2D eigenvalue weighted by Crippen LogP contribution is -2.24. The van der Waals surface area contributed by atoms with E-state index >= 15 is 0 Å². The van der Waals surface area contributed by atoms with Crippen molar-refractivity contribution >= 4 is 40.2 Å². The van der Waals surface area contributed by atoms with Crippen LogP contribution in [-0.2, 0) is 9.53 Å². The molecule has 1 aliphatic carbocycles. The number of carbonyl (C=O) groups is 1. The lowest BCUT2D eigenvalue weighted by atomic mass is 9.86. The Bertz CT molecular complexity index is 678. The van der Waals surface area contributed by atoms with Crippen molar-refractivity contribution in [3.05, 3.63) is 22.7 Å². The molecule has 0 amide bonds. The monoisotopic (exact) mass is 327 g/mol. The van der Waals surface area contributed by atoms with Crippen LogP contribution in [0.15, 0.2) is 12.4 Å². The molecule has 0 aromatic carbocycles. The Hall–Kier alpha value is -1.33. The predicted molar refractivity (Wildman–Crippen MR) is 80.6 cm³/mol. The molecule has 112 valence electrons. The third-order valence-corrected chi connectivity index (χ3v) is 4.57. The van der Waals surface area contributed by atoms with Crippen molar-refractivity contribution in [2.45, 2.75) is 31.7 Å². The highest BCUT2D eigenvalue weighted by molar-refractivity contribution is 6.36. The number of methoxy groups -OCH3 is 1. The minimum atomic E-state index is -0.112. The summed E-state index contributed by atoms with van der Waals surface area (Å²) >= 11 is 12.0. The maximum atomic E-state index is 11.6. The summed E-state index contributed by atoms with van der Waals surface area (Å²) < 4.78 is 6.90. The minimum absolute atomic E-state index is 0.00915. The van der Waals surface area contributed by atoms with E-state index in [4.69, 9.17) is 27.9 Å². The van der Waals surface area contributed by atoms with E-state index in [0.717, 1.165) is 31.2 Å². The van der Waals surface area contributed by atoms with Gasteiger partial charge in [-0.25, -0.2) is 9.97 Å². The number of ether oxygens (including phenoxy) is 1. The summed E-state index contributed by atoms with van der Waals surface area (Å²) in [7, 11) is 1.44. The molecule has 7 heteroatoms. The number of halogens is 2. The maximum absolute atomic E-state index is 11.6. The third kappa shape index (κ3) is 2.72. The standard InChI is InChI=1S/C14H15Cl2N3O2/c1-21-14(20)8-2-4-9(5-3-8)19-7-17-12-10(19)6-11(15)18-13(12)16/h6-9H,2-5H2,1H3. The van der Waals surface area contributed by atoms with Crippen LogP contribution in [0.2, 0.25) is 10.3 Å². The second-order valence-electron chi connectivity index (χ2n) is 5.28. The van der Waals surface area contributed by atoms with E-state index in [1.54, 1.807) is 12.4 Å². The van der Waals surface area contributed by atoms with Crippen molar-refractivity contribution in [3.8, 4) is 0 Å². The second kappa shape index (κ2) is 5.81. The fourth-order valence-corrected chi connectivity index (χ4v) is 3.48. The zero-order valence-corrected chi connectivity index (χ0v) is 13.1. The molecular formula is C14H15Cl2N3O2. The van der Waals surface area contributed by atoms with Gasteiger partial charge in [-0.2, -0.15) is 0 Å². The Kier molecular flexibility index (Phi) is 4.04. The fourth-order valence-electron chi connectivity index (χ4n) is 3.01. The van der Waals surface area contributed by atoms with Gasteiger partial charge in [-0.1, -0.05) is 23.2 Å². The van der Waals surface area contributed by atoms with E-state index in [-0.39, 0.29) is 11.9 Å². The van der Waals surface area contributed by atoms with E-state index in [2.05, 4.69) is 14.5 Å². The molecule has 0 spiro atoms. The van der Waals surface area contributed by atoms with Crippen molar-refractivity contribution in [1.82, 2.24) is 14.5 Å². The number of aromatic nitrogens is 3.